The molecule has 6 nitrogen and oxygen atoms in total. The molecule has 0 amide bonds. The van der Waals surface area contributed by atoms with Crippen molar-refractivity contribution in [3.8, 4) is 17.2 Å². The fourth-order valence-corrected chi connectivity index (χ4v) is 3.58. The largest absolute Gasteiger partial charge is 0.493 e. The van der Waals surface area contributed by atoms with E-state index in [9.17, 15) is 4.79 Å². The number of aromatic amines is 1. The molecule has 0 fully saturated rings. The third-order valence-electron chi connectivity index (χ3n) is 5.01. The first-order valence-electron chi connectivity index (χ1n) is 10.0. The highest BCUT2D eigenvalue weighted by Crippen LogP contribution is 2.38. The average molecular weight is 405 g/mol. The van der Waals surface area contributed by atoms with Gasteiger partial charge in [-0.05, 0) is 42.7 Å². The number of hydrogen-bond donors (Lipinski definition) is 2. The summed E-state index contributed by atoms with van der Waals surface area (Å²) in [6, 6.07) is 13.7. The number of rotatable bonds is 10. The zero-order valence-corrected chi connectivity index (χ0v) is 17.6. The highest BCUT2D eigenvalue weighted by molar-refractivity contribution is 5.80. The first kappa shape index (κ1) is 21.3. The maximum Gasteiger partial charge on any atom is 0.169 e. The molecule has 0 aliphatic heterocycles. The molecule has 30 heavy (non-hydrogen) atoms. The fraction of sp³-hybridized carbons (Fsp3) is 0.292. The number of Topliss-reactive ketones (excluding diaryl/α,β-unsaturated/α-hetero) is 1. The minimum absolute atomic E-state index is 0.0601. The average Bonchev–Trinajstić information content (AvgIpc) is 3.22. The minimum Gasteiger partial charge on any atom is -0.493 e. The Morgan fingerprint density at radius 2 is 2.00 bits per heavy atom. The maximum atomic E-state index is 11.9. The monoisotopic (exact) mass is 405 g/mol. The van der Waals surface area contributed by atoms with Crippen molar-refractivity contribution in [2.45, 2.75) is 39.0 Å². The zero-order valence-electron chi connectivity index (χ0n) is 17.6. The van der Waals surface area contributed by atoms with Gasteiger partial charge in [-0.3, -0.25) is 9.89 Å². The van der Waals surface area contributed by atoms with E-state index in [0.29, 0.717) is 23.6 Å². The Bertz CT molecular complexity index is 1030. The van der Waals surface area contributed by atoms with Crippen LogP contribution in [0.15, 0.2) is 48.7 Å². The number of carbonyl (C=O) groups excluding carboxylic acids is 1. The van der Waals surface area contributed by atoms with Crippen molar-refractivity contribution in [1.29, 1.82) is 5.41 Å². The zero-order chi connectivity index (χ0) is 21.5. The van der Waals surface area contributed by atoms with Crippen LogP contribution in [-0.4, -0.2) is 29.3 Å². The van der Waals surface area contributed by atoms with E-state index in [2.05, 4.69) is 23.2 Å². The van der Waals surface area contributed by atoms with E-state index >= 15 is 0 Å². The van der Waals surface area contributed by atoms with Gasteiger partial charge in [0.05, 0.1) is 19.0 Å². The number of hydrogen-bond acceptors (Lipinski definition) is 5. The van der Waals surface area contributed by atoms with Gasteiger partial charge in [-0.25, -0.2) is 0 Å². The highest BCUT2D eigenvalue weighted by Gasteiger charge is 2.22. The van der Waals surface area contributed by atoms with Gasteiger partial charge in [0, 0.05) is 24.1 Å². The van der Waals surface area contributed by atoms with Gasteiger partial charge in [0.15, 0.2) is 11.5 Å². The predicted octanol–water partition coefficient (Wildman–Crippen LogP) is 5.27. The number of aryl methyl sites for hydroxylation is 1. The number of ketones is 1. The molecule has 0 saturated carbocycles. The minimum atomic E-state index is -0.229. The fourth-order valence-electron chi connectivity index (χ4n) is 3.58. The molecule has 0 spiro atoms. The lowest BCUT2D eigenvalue weighted by molar-refractivity contribution is -0.117. The molecule has 0 bridgehead atoms. The Hall–Kier alpha value is -3.41. The number of methoxy groups -OCH3 is 1. The molecular formula is C24H27N3O3. The topological polar surface area (TPSA) is 88.1 Å². The summed E-state index contributed by atoms with van der Waals surface area (Å²) >= 11 is 0. The van der Waals surface area contributed by atoms with Gasteiger partial charge in [-0.1, -0.05) is 37.6 Å². The van der Waals surface area contributed by atoms with Gasteiger partial charge in [0.1, 0.15) is 11.5 Å². The van der Waals surface area contributed by atoms with Gasteiger partial charge in [-0.15, -0.1) is 0 Å². The van der Waals surface area contributed by atoms with E-state index in [0.717, 1.165) is 35.3 Å². The van der Waals surface area contributed by atoms with E-state index in [1.165, 1.54) is 6.21 Å². The molecule has 0 saturated heterocycles. The summed E-state index contributed by atoms with van der Waals surface area (Å²) in [6.07, 6.45) is 5.16. The molecule has 1 unspecified atom stereocenters. The predicted molar refractivity (Wildman–Crippen MR) is 117 cm³/mol. The summed E-state index contributed by atoms with van der Waals surface area (Å²) in [5.74, 6) is 1.85. The molecule has 1 atom stereocenters. The number of H-pyrrole nitrogens is 1. The number of benzene rings is 2. The first-order valence-corrected chi connectivity index (χ1v) is 10.0. The second kappa shape index (κ2) is 9.87. The lowest BCUT2D eigenvalue weighted by Gasteiger charge is -2.19. The summed E-state index contributed by atoms with van der Waals surface area (Å²) in [5.41, 5.74) is 3.45. The number of carbonyl (C=O) groups is 1. The summed E-state index contributed by atoms with van der Waals surface area (Å²) in [6.45, 7) is 3.70. The second-order valence-corrected chi connectivity index (χ2v) is 7.21. The maximum absolute atomic E-state index is 11.9. The molecule has 3 rings (SSSR count). The molecule has 2 aromatic carbocycles. The van der Waals surface area contributed by atoms with E-state index in [1.54, 1.807) is 20.2 Å². The standard InChI is InChI=1S/C24H27N3O3/c1-4-7-17-8-5-6-9-22(17)30-23-11-10-18(13-24(23)29-3)19(12-16(2)28)20-15-26-27-21(20)14-25/h5-6,8-11,13-15,19,25H,4,7,12H2,1-3H3,(H,26,27). The van der Waals surface area contributed by atoms with Crippen LogP contribution < -0.4 is 9.47 Å². The third kappa shape index (κ3) is 4.76. The first-order chi connectivity index (χ1) is 14.6. The van der Waals surface area contributed by atoms with Crippen LogP contribution in [0.1, 0.15) is 55.0 Å². The summed E-state index contributed by atoms with van der Waals surface area (Å²) in [4.78, 5) is 11.9. The summed E-state index contributed by atoms with van der Waals surface area (Å²) in [5, 5.41) is 14.5. The smallest absolute Gasteiger partial charge is 0.169 e. The molecule has 6 heteroatoms. The molecular weight excluding hydrogens is 378 g/mol. The number of aromatic nitrogens is 2. The number of para-hydroxylation sites is 1. The molecule has 1 aromatic heterocycles. The van der Waals surface area contributed by atoms with Crippen LogP contribution >= 0.6 is 0 Å². The van der Waals surface area contributed by atoms with Crippen LogP contribution in [0.4, 0.5) is 0 Å². The van der Waals surface area contributed by atoms with Crippen LogP contribution in [-0.2, 0) is 11.2 Å². The van der Waals surface area contributed by atoms with E-state index in [4.69, 9.17) is 14.9 Å². The summed E-state index contributed by atoms with van der Waals surface area (Å²) < 4.78 is 11.8. The van der Waals surface area contributed by atoms with E-state index in [-0.39, 0.29) is 11.7 Å². The van der Waals surface area contributed by atoms with Gasteiger partial charge < -0.3 is 14.9 Å². The Balaban J connectivity index is 1.97. The summed E-state index contributed by atoms with van der Waals surface area (Å²) in [7, 11) is 1.60. The Kier molecular flexibility index (Phi) is 7.01. The lowest BCUT2D eigenvalue weighted by atomic mass is 9.87. The number of ether oxygens (including phenoxy) is 2. The Morgan fingerprint density at radius 1 is 1.20 bits per heavy atom. The van der Waals surface area contributed by atoms with Crippen molar-refractivity contribution in [2.75, 3.05) is 7.11 Å². The Labute approximate surface area is 176 Å². The van der Waals surface area contributed by atoms with Crippen molar-refractivity contribution < 1.29 is 14.3 Å². The molecule has 2 N–H and O–H groups in total. The van der Waals surface area contributed by atoms with Crippen molar-refractivity contribution in [1.82, 2.24) is 10.2 Å². The highest BCUT2D eigenvalue weighted by atomic mass is 16.5. The molecule has 1 heterocycles. The van der Waals surface area contributed by atoms with Gasteiger partial charge in [0.2, 0.25) is 0 Å². The normalized spacial score (nSPS) is 11.7. The number of nitrogens with zero attached hydrogens (tertiary/aromatic N) is 1. The van der Waals surface area contributed by atoms with Gasteiger partial charge in [0.25, 0.3) is 0 Å². The van der Waals surface area contributed by atoms with Crippen LogP contribution in [0, 0.1) is 5.41 Å². The third-order valence-corrected chi connectivity index (χ3v) is 5.01. The quantitative estimate of drug-likeness (QED) is 0.450. The molecule has 3 aromatic rings. The van der Waals surface area contributed by atoms with Crippen molar-refractivity contribution >= 4 is 12.0 Å². The van der Waals surface area contributed by atoms with Gasteiger partial charge >= 0.3 is 0 Å². The molecule has 0 aliphatic carbocycles. The van der Waals surface area contributed by atoms with Gasteiger partial charge in [-0.2, -0.15) is 5.10 Å². The van der Waals surface area contributed by atoms with Crippen LogP contribution in [0.5, 0.6) is 17.2 Å². The van der Waals surface area contributed by atoms with Crippen LogP contribution in [0.2, 0.25) is 0 Å². The van der Waals surface area contributed by atoms with Crippen LogP contribution in [0.25, 0.3) is 0 Å². The molecule has 0 radical (unpaired) electrons. The van der Waals surface area contributed by atoms with E-state index in [1.807, 2.05) is 36.4 Å². The van der Waals surface area contributed by atoms with Crippen molar-refractivity contribution in [2.24, 2.45) is 0 Å². The molecule has 0 aliphatic rings. The Morgan fingerprint density at radius 3 is 2.70 bits per heavy atom. The SMILES string of the molecule is CCCc1ccccc1Oc1ccc(C(CC(C)=O)c2cn[nH]c2C=N)cc1OC. The molecule has 156 valence electrons. The lowest BCUT2D eigenvalue weighted by Crippen LogP contribution is -2.08. The van der Waals surface area contributed by atoms with Crippen LogP contribution in [0.3, 0.4) is 0 Å². The second-order valence-electron chi connectivity index (χ2n) is 7.21. The number of nitrogens with one attached hydrogen (secondary N) is 2. The van der Waals surface area contributed by atoms with E-state index < -0.39 is 0 Å². The van der Waals surface area contributed by atoms with Crippen molar-refractivity contribution in [3.05, 3.63) is 71.0 Å². The van der Waals surface area contributed by atoms with Crippen molar-refractivity contribution in [3.63, 3.8) is 0 Å².